The number of benzene rings is 2. The number of aryl methyl sites for hydroxylation is 1. The van der Waals surface area contributed by atoms with Crippen molar-refractivity contribution >= 4 is 15.7 Å². The molecule has 0 saturated carbocycles. The highest BCUT2D eigenvalue weighted by atomic mass is 32.2. The smallest absolute Gasteiger partial charge is 0.270 e. The van der Waals surface area contributed by atoms with Crippen molar-refractivity contribution in [2.45, 2.75) is 37.1 Å². The zero-order chi connectivity index (χ0) is 20.6. The Morgan fingerprint density at radius 3 is 2.59 bits per heavy atom. The van der Waals surface area contributed by atoms with E-state index in [-0.39, 0.29) is 16.6 Å². The number of hydrogen-bond acceptors (Lipinski definition) is 6. The second-order valence-corrected chi connectivity index (χ2v) is 9.10. The Morgan fingerprint density at radius 2 is 1.83 bits per heavy atom. The van der Waals surface area contributed by atoms with Crippen molar-refractivity contribution in [3.05, 3.63) is 57.6 Å². The SMILES string of the molecule is Cc1ccc([N+](=O)[O-])cc1S(=O)(=O)N1CCC[C@H]1c1ccc2c(c1)OCCCO2. The summed E-state index contributed by atoms with van der Waals surface area (Å²) in [4.78, 5) is 10.5. The minimum atomic E-state index is -3.89. The van der Waals surface area contributed by atoms with E-state index < -0.39 is 14.9 Å². The first-order valence-electron chi connectivity index (χ1n) is 9.54. The van der Waals surface area contributed by atoms with Gasteiger partial charge in [0.1, 0.15) is 0 Å². The van der Waals surface area contributed by atoms with Gasteiger partial charge in [0.2, 0.25) is 10.0 Å². The number of nitro benzene ring substituents is 1. The lowest BCUT2D eigenvalue weighted by Gasteiger charge is -2.25. The minimum Gasteiger partial charge on any atom is -0.490 e. The van der Waals surface area contributed by atoms with Gasteiger partial charge in [-0.1, -0.05) is 12.1 Å². The molecule has 2 aromatic rings. The fourth-order valence-corrected chi connectivity index (χ4v) is 5.78. The predicted molar refractivity (Wildman–Crippen MR) is 106 cm³/mol. The summed E-state index contributed by atoms with van der Waals surface area (Å²) >= 11 is 0. The Bertz CT molecular complexity index is 1050. The number of non-ortho nitro benzene ring substituents is 1. The fourth-order valence-electron chi connectivity index (χ4n) is 3.85. The molecule has 0 aliphatic carbocycles. The topological polar surface area (TPSA) is 99.0 Å². The number of nitro groups is 1. The van der Waals surface area contributed by atoms with Gasteiger partial charge in [0.05, 0.1) is 29.1 Å². The Balaban J connectivity index is 1.71. The molecule has 1 saturated heterocycles. The second kappa shape index (κ2) is 7.64. The Labute approximate surface area is 169 Å². The van der Waals surface area contributed by atoms with E-state index in [1.165, 1.54) is 16.4 Å². The molecule has 0 spiro atoms. The molecule has 154 valence electrons. The molecule has 1 fully saturated rings. The minimum absolute atomic E-state index is 0.0204. The Hall–Kier alpha value is -2.65. The van der Waals surface area contributed by atoms with Crippen LogP contribution < -0.4 is 9.47 Å². The summed E-state index contributed by atoms with van der Waals surface area (Å²) < 4.78 is 39.7. The van der Waals surface area contributed by atoms with Crippen LogP contribution in [0.2, 0.25) is 0 Å². The quantitative estimate of drug-likeness (QED) is 0.556. The van der Waals surface area contributed by atoms with Crippen LogP contribution in [0.5, 0.6) is 11.5 Å². The van der Waals surface area contributed by atoms with Crippen molar-refractivity contribution in [1.29, 1.82) is 0 Å². The molecule has 0 amide bonds. The van der Waals surface area contributed by atoms with E-state index >= 15 is 0 Å². The van der Waals surface area contributed by atoms with Crippen molar-refractivity contribution in [3.63, 3.8) is 0 Å². The van der Waals surface area contributed by atoms with E-state index in [0.29, 0.717) is 49.7 Å². The van der Waals surface area contributed by atoms with Crippen LogP contribution in [-0.2, 0) is 10.0 Å². The maximum atomic E-state index is 13.4. The summed E-state index contributed by atoms with van der Waals surface area (Å²) in [5.74, 6) is 1.28. The van der Waals surface area contributed by atoms with E-state index in [4.69, 9.17) is 9.47 Å². The molecule has 2 aliphatic heterocycles. The van der Waals surface area contributed by atoms with Crippen molar-refractivity contribution in [2.75, 3.05) is 19.8 Å². The van der Waals surface area contributed by atoms with E-state index in [9.17, 15) is 18.5 Å². The summed E-state index contributed by atoms with van der Waals surface area (Å²) in [5.41, 5.74) is 1.08. The highest BCUT2D eigenvalue weighted by molar-refractivity contribution is 7.89. The number of fused-ring (bicyclic) bond motifs is 1. The van der Waals surface area contributed by atoms with Gasteiger partial charge < -0.3 is 9.47 Å². The molecule has 29 heavy (non-hydrogen) atoms. The maximum absolute atomic E-state index is 13.4. The first-order chi connectivity index (χ1) is 13.9. The third kappa shape index (κ3) is 3.67. The lowest BCUT2D eigenvalue weighted by Crippen LogP contribution is -2.31. The lowest BCUT2D eigenvalue weighted by molar-refractivity contribution is -0.385. The van der Waals surface area contributed by atoms with E-state index in [2.05, 4.69) is 0 Å². The first kappa shape index (κ1) is 19.7. The summed E-state index contributed by atoms with van der Waals surface area (Å²) in [7, 11) is -3.89. The molecular formula is C20H22N2O6S. The van der Waals surface area contributed by atoms with Gasteiger partial charge in [-0.2, -0.15) is 4.31 Å². The van der Waals surface area contributed by atoms with Crippen molar-refractivity contribution in [2.24, 2.45) is 0 Å². The average Bonchev–Trinajstić information content (AvgIpc) is 3.08. The van der Waals surface area contributed by atoms with Crippen LogP contribution in [0.15, 0.2) is 41.3 Å². The van der Waals surface area contributed by atoms with E-state index in [0.717, 1.165) is 18.1 Å². The Kier molecular flexibility index (Phi) is 5.18. The number of rotatable bonds is 4. The highest BCUT2D eigenvalue weighted by Gasteiger charge is 2.38. The average molecular weight is 418 g/mol. The molecule has 9 heteroatoms. The molecule has 0 radical (unpaired) electrons. The lowest BCUT2D eigenvalue weighted by atomic mass is 10.0. The van der Waals surface area contributed by atoms with Gasteiger partial charge in [-0.15, -0.1) is 0 Å². The van der Waals surface area contributed by atoms with Gasteiger partial charge in [-0.05, 0) is 43.0 Å². The molecule has 2 aliphatic rings. The van der Waals surface area contributed by atoms with E-state index in [1.54, 1.807) is 6.92 Å². The first-order valence-corrected chi connectivity index (χ1v) is 11.0. The van der Waals surface area contributed by atoms with Crippen LogP contribution >= 0.6 is 0 Å². The number of sulfonamides is 1. The Morgan fingerprint density at radius 1 is 1.07 bits per heavy atom. The maximum Gasteiger partial charge on any atom is 0.270 e. The number of nitrogens with zero attached hydrogens (tertiary/aromatic N) is 2. The standard InChI is InChI=1S/C20H22N2O6S/c1-14-5-7-16(22(23)24)13-20(14)29(25,26)21-9-2-4-17(21)15-6-8-18-19(12-15)28-11-3-10-27-18/h5-8,12-13,17H,2-4,9-11H2,1H3/t17-/m0/s1. The molecule has 0 N–H and O–H groups in total. The molecule has 4 rings (SSSR count). The largest absolute Gasteiger partial charge is 0.490 e. The van der Waals surface area contributed by atoms with Crippen LogP contribution in [-0.4, -0.2) is 37.4 Å². The van der Waals surface area contributed by atoms with Crippen LogP contribution in [0.25, 0.3) is 0 Å². The molecular weight excluding hydrogens is 396 g/mol. The fraction of sp³-hybridized carbons (Fsp3) is 0.400. The van der Waals surface area contributed by atoms with Gasteiger partial charge in [0.15, 0.2) is 11.5 Å². The molecule has 2 aromatic carbocycles. The second-order valence-electron chi connectivity index (χ2n) is 7.24. The number of ether oxygens (including phenoxy) is 2. The van der Waals surface area contributed by atoms with Gasteiger partial charge >= 0.3 is 0 Å². The third-order valence-electron chi connectivity index (χ3n) is 5.33. The van der Waals surface area contributed by atoms with Crippen LogP contribution in [0.3, 0.4) is 0 Å². The molecule has 0 unspecified atom stereocenters. The van der Waals surface area contributed by atoms with Gasteiger partial charge in [-0.3, -0.25) is 10.1 Å². The monoisotopic (exact) mass is 418 g/mol. The zero-order valence-corrected chi connectivity index (χ0v) is 16.9. The summed E-state index contributed by atoms with van der Waals surface area (Å²) in [6.45, 7) is 3.15. The summed E-state index contributed by atoms with van der Waals surface area (Å²) in [6.07, 6.45) is 2.18. The predicted octanol–water partition coefficient (Wildman–Crippen LogP) is 3.59. The van der Waals surface area contributed by atoms with E-state index in [1.807, 2.05) is 18.2 Å². The van der Waals surface area contributed by atoms with Crippen LogP contribution in [0, 0.1) is 17.0 Å². The molecule has 1 atom stereocenters. The van der Waals surface area contributed by atoms with Crippen LogP contribution in [0.4, 0.5) is 5.69 Å². The van der Waals surface area contributed by atoms with Crippen molar-refractivity contribution in [3.8, 4) is 11.5 Å². The highest BCUT2D eigenvalue weighted by Crippen LogP contribution is 2.41. The van der Waals surface area contributed by atoms with Gasteiger partial charge in [0.25, 0.3) is 5.69 Å². The normalized spacial score (nSPS) is 19.7. The summed E-state index contributed by atoms with van der Waals surface area (Å²) in [5, 5.41) is 11.1. The van der Waals surface area contributed by atoms with Gasteiger partial charge in [0, 0.05) is 25.1 Å². The third-order valence-corrected chi connectivity index (χ3v) is 7.38. The van der Waals surface area contributed by atoms with Crippen molar-refractivity contribution < 1.29 is 22.8 Å². The van der Waals surface area contributed by atoms with Crippen molar-refractivity contribution in [1.82, 2.24) is 4.31 Å². The molecule has 2 heterocycles. The number of hydrogen-bond donors (Lipinski definition) is 0. The summed E-state index contributed by atoms with van der Waals surface area (Å²) in [6, 6.07) is 9.12. The van der Waals surface area contributed by atoms with Gasteiger partial charge in [-0.25, -0.2) is 8.42 Å². The molecule has 0 aromatic heterocycles. The zero-order valence-electron chi connectivity index (χ0n) is 16.0. The molecule has 0 bridgehead atoms. The molecule has 8 nitrogen and oxygen atoms in total. The van der Waals surface area contributed by atoms with Crippen LogP contribution in [0.1, 0.15) is 36.4 Å².